The Labute approximate surface area is 155 Å². The van der Waals surface area contributed by atoms with Gasteiger partial charge in [-0.05, 0) is 44.5 Å². The molecule has 1 amide bonds. The fourth-order valence-electron chi connectivity index (χ4n) is 2.87. The van der Waals surface area contributed by atoms with Crippen molar-refractivity contribution in [2.45, 2.75) is 20.8 Å². The molecule has 0 saturated carbocycles. The van der Waals surface area contributed by atoms with E-state index in [9.17, 15) is 4.79 Å². The molecule has 0 spiro atoms. The van der Waals surface area contributed by atoms with Crippen LogP contribution in [0.15, 0.2) is 18.2 Å². The van der Waals surface area contributed by atoms with E-state index in [2.05, 4.69) is 15.3 Å². The van der Waals surface area contributed by atoms with Crippen molar-refractivity contribution < 1.29 is 4.79 Å². The number of aryl methyl sites for hydroxylation is 3. The largest absolute Gasteiger partial charge is 0.376 e. The van der Waals surface area contributed by atoms with Crippen molar-refractivity contribution >= 4 is 50.4 Å². The summed E-state index contributed by atoms with van der Waals surface area (Å²) in [5.41, 5.74) is 3.37. The minimum atomic E-state index is -0.164. The number of aromatic nitrogens is 2. The summed E-state index contributed by atoms with van der Waals surface area (Å²) in [6.45, 7) is 5.74. The molecule has 0 aliphatic rings. The summed E-state index contributed by atoms with van der Waals surface area (Å²) in [5.74, 6) is 0.547. The number of carbonyl (C=O) groups is 1. The van der Waals surface area contributed by atoms with E-state index in [-0.39, 0.29) is 5.91 Å². The summed E-state index contributed by atoms with van der Waals surface area (Å²) in [6.07, 6.45) is 0. The zero-order valence-corrected chi connectivity index (χ0v) is 16.3. The van der Waals surface area contributed by atoms with E-state index in [4.69, 9.17) is 11.6 Å². The van der Waals surface area contributed by atoms with Crippen LogP contribution in [0.25, 0.3) is 10.2 Å². The van der Waals surface area contributed by atoms with Gasteiger partial charge < -0.3 is 10.2 Å². The fourth-order valence-corrected chi connectivity index (χ4v) is 4.21. The summed E-state index contributed by atoms with van der Waals surface area (Å²) in [7, 11) is 3.84. The molecule has 0 aliphatic carbocycles. The van der Waals surface area contributed by atoms with E-state index >= 15 is 0 Å². The molecule has 0 unspecified atom stereocenters. The minimum Gasteiger partial charge on any atom is -0.376 e. The van der Waals surface area contributed by atoms with Gasteiger partial charge in [0.15, 0.2) is 0 Å². The highest BCUT2D eigenvalue weighted by Gasteiger charge is 2.20. The lowest BCUT2D eigenvalue weighted by Crippen LogP contribution is -2.16. The second kappa shape index (κ2) is 6.61. The first-order valence-corrected chi connectivity index (χ1v) is 9.00. The summed E-state index contributed by atoms with van der Waals surface area (Å²) >= 11 is 7.49. The van der Waals surface area contributed by atoms with Gasteiger partial charge in [-0.2, -0.15) is 0 Å². The van der Waals surface area contributed by atoms with Gasteiger partial charge >= 0.3 is 0 Å². The van der Waals surface area contributed by atoms with Crippen LogP contribution in [0.3, 0.4) is 0 Å². The lowest BCUT2D eigenvalue weighted by Gasteiger charge is -2.18. The Morgan fingerprint density at radius 1 is 1.20 bits per heavy atom. The monoisotopic (exact) mass is 374 g/mol. The smallest absolute Gasteiger partial charge is 0.266 e. The third-order valence-electron chi connectivity index (χ3n) is 3.98. The predicted molar refractivity (Wildman–Crippen MR) is 105 cm³/mol. The molecular weight excluding hydrogens is 356 g/mol. The highest BCUT2D eigenvalue weighted by Crippen LogP contribution is 2.33. The summed E-state index contributed by atoms with van der Waals surface area (Å²) in [4.78, 5) is 25.2. The number of amides is 1. The van der Waals surface area contributed by atoms with Crippen LogP contribution in [0.4, 0.5) is 11.4 Å². The van der Waals surface area contributed by atoms with Crippen LogP contribution in [-0.2, 0) is 0 Å². The van der Waals surface area contributed by atoms with Crippen LogP contribution in [0.5, 0.6) is 0 Å². The molecule has 3 rings (SSSR count). The molecule has 7 heteroatoms. The number of hydrogen-bond acceptors (Lipinski definition) is 5. The maximum Gasteiger partial charge on any atom is 0.266 e. The number of nitrogens with one attached hydrogen (secondary N) is 1. The number of thiophene rings is 1. The van der Waals surface area contributed by atoms with E-state index in [1.165, 1.54) is 11.3 Å². The van der Waals surface area contributed by atoms with Crippen LogP contribution in [0.1, 0.15) is 26.8 Å². The number of fused-ring (bicyclic) bond motifs is 1. The van der Waals surface area contributed by atoms with Crippen molar-refractivity contribution in [2.75, 3.05) is 24.3 Å². The molecule has 0 bridgehead atoms. The van der Waals surface area contributed by atoms with Crippen molar-refractivity contribution in [1.82, 2.24) is 9.97 Å². The average Bonchev–Trinajstić information content (AvgIpc) is 2.84. The van der Waals surface area contributed by atoms with Crippen LogP contribution < -0.4 is 10.2 Å². The van der Waals surface area contributed by atoms with Crippen molar-refractivity contribution in [2.24, 2.45) is 0 Å². The summed E-state index contributed by atoms with van der Waals surface area (Å²) in [6, 6.07) is 5.44. The zero-order chi connectivity index (χ0) is 18.3. The third-order valence-corrected chi connectivity index (χ3v) is 5.40. The Morgan fingerprint density at radius 3 is 2.60 bits per heavy atom. The quantitative estimate of drug-likeness (QED) is 0.728. The zero-order valence-electron chi connectivity index (χ0n) is 14.8. The van der Waals surface area contributed by atoms with E-state index in [0.717, 1.165) is 27.2 Å². The lowest BCUT2D eigenvalue weighted by atomic mass is 10.1. The second-order valence-electron chi connectivity index (χ2n) is 6.10. The SMILES string of the molecule is Cc1nc(C)c2c(C)c(C(=O)Nc3cc(Cl)ccc3N(C)C)sc2n1. The number of nitrogens with zero attached hydrogens (tertiary/aromatic N) is 3. The van der Waals surface area contributed by atoms with Crippen molar-refractivity contribution in [3.05, 3.63) is 45.2 Å². The number of benzene rings is 1. The van der Waals surface area contributed by atoms with Crippen molar-refractivity contribution in [1.29, 1.82) is 0 Å². The maximum atomic E-state index is 12.9. The topological polar surface area (TPSA) is 58.1 Å². The average molecular weight is 375 g/mol. The first-order chi connectivity index (χ1) is 11.8. The normalized spacial score (nSPS) is 11.0. The Bertz CT molecular complexity index is 981. The molecule has 0 saturated heterocycles. The summed E-state index contributed by atoms with van der Waals surface area (Å²) in [5, 5.41) is 4.52. The van der Waals surface area contributed by atoms with Gasteiger partial charge in [-0.3, -0.25) is 4.79 Å². The molecule has 1 aromatic carbocycles. The number of anilines is 2. The van der Waals surface area contributed by atoms with Gasteiger partial charge in [-0.15, -0.1) is 11.3 Å². The summed E-state index contributed by atoms with van der Waals surface area (Å²) < 4.78 is 0. The molecule has 25 heavy (non-hydrogen) atoms. The lowest BCUT2D eigenvalue weighted by molar-refractivity contribution is 0.103. The molecule has 0 aliphatic heterocycles. The van der Waals surface area contributed by atoms with Gasteiger partial charge in [0, 0.05) is 30.2 Å². The Hall–Kier alpha value is -2.18. The van der Waals surface area contributed by atoms with Crippen molar-refractivity contribution in [3.8, 4) is 0 Å². The number of halogens is 1. The van der Waals surface area contributed by atoms with Crippen LogP contribution in [-0.4, -0.2) is 30.0 Å². The van der Waals surface area contributed by atoms with Gasteiger partial charge in [-0.25, -0.2) is 9.97 Å². The van der Waals surface area contributed by atoms with E-state index in [1.807, 2.05) is 45.8 Å². The number of hydrogen-bond donors (Lipinski definition) is 1. The van der Waals surface area contributed by atoms with Crippen LogP contribution in [0, 0.1) is 20.8 Å². The molecule has 0 radical (unpaired) electrons. The first kappa shape index (κ1) is 17.6. The highest BCUT2D eigenvalue weighted by atomic mass is 35.5. The molecule has 5 nitrogen and oxygen atoms in total. The molecule has 0 atom stereocenters. The van der Waals surface area contributed by atoms with Crippen molar-refractivity contribution in [3.63, 3.8) is 0 Å². The van der Waals surface area contributed by atoms with Gasteiger partial charge in [0.1, 0.15) is 10.7 Å². The molecule has 3 aromatic rings. The number of rotatable bonds is 3. The second-order valence-corrected chi connectivity index (χ2v) is 7.54. The highest BCUT2D eigenvalue weighted by molar-refractivity contribution is 7.20. The number of carbonyl (C=O) groups excluding carboxylic acids is 1. The third kappa shape index (κ3) is 3.32. The molecule has 2 aromatic heterocycles. The molecule has 130 valence electrons. The maximum absolute atomic E-state index is 12.9. The molecule has 2 heterocycles. The van der Waals surface area contributed by atoms with Crippen LogP contribution in [0.2, 0.25) is 5.02 Å². The van der Waals surface area contributed by atoms with E-state index in [0.29, 0.717) is 21.4 Å². The first-order valence-electron chi connectivity index (χ1n) is 7.80. The predicted octanol–water partition coefficient (Wildman–Crippen LogP) is 4.59. The van der Waals surface area contributed by atoms with Gasteiger partial charge in [0.05, 0.1) is 16.3 Å². The fraction of sp³-hybridized carbons (Fsp3) is 0.278. The Balaban J connectivity index is 2.03. The van der Waals surface area contributed by atoms with Crippen LogP contribution >= 0.6 is 22.9 Å². The Morgan fingerprint density at radius 2 is 1.92 bits per heavy atom. The Kier molecular flexibility index (Phi) is 4.67. The van der Waals surface area contributed by atoms with E-state index < -0.39 is 0 Å². The molecular formula is C18H19ClN4OS. The van der Waals surface area contributed by atoms with Gasteiger partial charge in [0.2, 0.25) is 0 Å². The standard InChI is InChI=1S/C18H19ClN4OS/c1-9-15-10(2)20-11(3)21-18(15)25-16(9)17(24)22-13-8-12(19)6-7-14(13)23(4)5/h6-8H,1-5H3,(H,22,24). The van der Waals surface area contributed by atoms with Gasteiger partial charge in [0.25, 0.3) is 5.91 Å². The molecule has 0 fully saturated rings. The van der Waals surface area contributed by atoms with E-state index in [1.54, 1.807) is 12.1 Å². The molecule has 1 N–H and O–H groups in total. The minimum absolute atomic E-state index is 0.164. The van der Waals surface area contributed by atoms with Gasteiger partial charge in [-0.1, -0.05) is 11.6 Å².